The summed E-state index contributed by atoms with van der Waals surface area (Å²) in [4.78, 5) is 0. The Balaban J connectivity index is 2.04. The van der Waals surface area contributed by atoms with Crippen LogP contribution in [-0.2, 0) is 5.75 Å². The minimum absolute atomic E-state index is 0.111. The average molecular weight is 271 g/mol. The molecule has 1 aromatic rings. The van der Waals surface area contributed by atoms with E-state index in [1.807, 2.05) is 23.9 Å². The number of aliphatic hydroxyl groups excluding tert-OH is 1. The van der Waals surface area contributed by atoms with Crippen molar-refractivity contribution in [2.75, 3.05) is 18.9 Å². The van der Waals surface area contributed by atoms with Gasteiger partial charge in [-0.3, -0.25) is 0 Å². The second-order valence-corrected chi connectivity index (χ2v) is 5.94. The molecule has 104 valence electrons. The molecule has 0 amide bonds. The largest absolute Gasteiger partial charge is 0.468 e. The lowest BCUT2D eigenvalue weighted by Gasteiger charge is -2.28. The van der Waals surface area contributed by atoms with E-state index in [4.69, 9.17) is 4.42 Å². The summed E-state index contributed by atoms with van der Waals surface area (Å²) >= 11 is 1.91. The molecular formula is C14H25NO2S. The number of thioether (sulfide) groups is 1. The van der Waals surface area contributed by atoms with Gasteiger partial charge in [-0.1, -0.05) is 13.3 Å². The van der Waals surface area contributed by atoms with Crippen LogP contribution in [0.5, 0.6) is 0 Å². The van der Waals surface area contributed by atoms with Crippen LogP contribution in [0.4, 0.5) is 0 Å². The summed E-state index contributed by atoms with van der Waals surface area (Å²) in [6.07, 6.45) is 5.08. The second-order valence-electron chi connectivity index (χ2n) is 4.84. The Morgan fingerprint density at radius 1 is 1.44 bits per heavy atom. The van der Waals surface area contributed by atoms with Crippen LogP contribution in [0.1, 0.15) is 38.9 Å². The predicted octanol–water partition coefficient (Wildman–Crippen LogP) is 3.04. The van der Waals surface area contributed by atoms with Gasteiger partial charge in [0.25, 0.3) is 0 Å². The quantitative estimate of drug-likeness (QED) is 0.642. The van der Waals surface area contributed by atoms with E-state index < -0.39 is 0 Å². The van der Waals surface area contributed by atoms with Crippen LogP contribution in [0.15, 0.2) is 22.8 Å². The molecule has 0 saturated carbocycles. The summed E-state index contributed by atoms with van der Waals surface area (Å²) in [5, 5.41) is 12.7. The van der Waals surface area contributed by atoms with Crippen LogP contribution in [0.25, 0.3) is 0 Å². The van der Waals surface area contributed by atoms with E-state index in [1.54, 1.807) is 6.26 Å². The van der Waals surface area contributed by atoms with Gasteiger partial charge >= 0.3 is 0 Å². The molecule has 3 nitrogen and oxygen atoms in total. The van der Waals surface area contributed by atoms with Gasteiger partial charge in [0.05, 0.1) is 18.6 Å². The molecule has 0 spiro atoms. The molecule has 1 atom stereocenters. The lowest BCUT2D eigenvalue weighted by molar-refractivity contribution is 0.165. The minimum atomic E-state index is -0.111. The zero-order valence-electron chi connectivity index (χ0n) is 11.4. The van der Waals surface area contributed by atoms with E-state index in [0.29, 0.717) is 0 Å². The Hall–Kier alpha value is -0.450. The van der Waals surface area contributed by atoms with Gasteiger partial charge < -0.3 is 14.8 Å². The van der Waals surface area contributed by atoms with Gasteiger partial charge in [0.15, 0.2) is 0 Å². The summed E-state index contributed by atoms with van der Waals surface area (Å²) in [7, 11) is 0. The normalized spacial score (nSPS) is 14.6. The van der Waals surface area contributed by atoms with Gasteiger partial charge in [-0.05, 0) is 44.2 Å². The number of nitrogens with one attached hydrogen (secondary N) is 1. The SMILES string of the molecule is CCNC(C)(CO)CCCCSCc1ccco1. The maximum Gasteiger partial charge on any atom is 0.113 e. The summed E-state index contributed by atoms with van der Waals surface area (Å²) in [6.45, 7) is 5.28. The highest BCUT2D eigenvalue weighted by Gasteiger charge is 2.20. The molecule has 0 fully saturated rings. The second kappa shape index (κ2) is 8.62. The highest BCUT2D eigenvalue weighted by molar-refractivity contribution is 7.98. The molecular weight excluding hydrogens is 246 g/mol. The molecule has 2 N–H and O–H groups in total. The maximum atomic E-state index is 9.36. The fourth-order valence-electron chi connectivity index (χ4n) is 1.94. The molecule has 1 heterocycles. The third-order valence-corrected chi connectivity index (χ3v) is 4.11. The van der Waals surface area contributed by atoms with E-state index in [-0.39, 0.29) is 12.1 Å². The lowest BCUT2D eigenvalue weighted by Crippen LogP contribution is -2.45. The topological polar surface area (TPSA) is 45.4 Å². The third-order valence-electron chi connectivity index (χ3n) is 3.04. The molecule has 4 heteroatoms. The first kappa shape index (κ1) is 15.6. The Bertz CT molecular complexity index is 303. The molecule has 0 aromatic carbocycles. The number of rotatable bonds is 10. The molecule has 1 aromatic heterocycles. The number of unbranched alkanes of at least 4 members (excludes halogenated alkanes) is 1. The summed E-state index contributed by atoms with van der Waals surface area (Å²) in [5.74, 6) is 3.15. The molecule has 0 aliphatic rings. The van der Waals surface area contributed by atoms with Crippen LogP contribution < -0.4 is 5.32 Å². The first-order chi connectivity index (χ1) is 8.70. The van der Waals surface area contributed by atoms with E-state index in [1.165, 1.54) is 6.42 Å². The summed E-state index contributed by atoms with van der Waals surface area (Å²) in [6, 6.07) is 3.94. The lowest BCUT2D eigenvalue weighted by atomic mass is 9.96. The number of aliphatic hydroxyl groups is 1. The van der Waals surface area contributed by atoms with Crippen molar-refractivity contribution in [3.05, 3.63) is 24.2 Å². The maximum absolute atomic E-state index is 9.36. The van der Waals surface area contributed by atoms with E-state index in [9.17, 15) is 5.11 Å². The molecule has 18 heavy (non-hydrogen) atoms. The molecule has 1 rings (SSSR count). The Kier molecular flexibility index (Phi) is 7.47. The summed E-state index contributed by atoms with van der Waals surface area (Å²) in [5.41, 5.74) is -0.111. The van der Waals surface area contributed by atoms with Crippen LogP contribution in [-0.4, -0.2) is 29.5 Å². The van der Waals surface area contributed by atoms with Gasteiger partial charge in [0.1, 0.15) is 5.76 Å². The molecule has 0 radical (unpaired) electrons. The van der Waals surface area contributed by atoms with Crippen molar-refractivity contribution < 1.29 is 9.52 Å². The fraction of sp³-hybridized carbons (Fsp3) is 0.714. The highest BCUT2D eigenvalue weighted by Crippen LogP contribution is 2.17. The third kappa shape index (κ3) is 5.94. The highest BCUT2D eigenvalue weighted by atomic mass is 32.2. The van der Waals surface area contributed by atoms with Crippen LogP contribution in [0.3, 0.4) is 0 Å². The Morgan fingerprint density at radius 2 is 2.28 bits per heavy atom. The molecule has 0 aliphatic carbocycles. The Morgan fingerprint density at radius 3 is 2.89 bits per heavy atom. The number of likely N-dealkylation sites (N-methyl/N-ethyl adjacent to an activating group) is 1. The fourth-order valence-corrected chi connectivity index (χ4v) is 2.85. The number of furan rings is 1. The van der Waals surface area contributed by atoms with Crippen LogP contribution in [0, 0.1) is 0 Å². The number of hydrogen-bond donors (Lipinski definition) is 2. The van der Waals surface area contributed by atoms with Crippen molar-refractivity contribution in [1.82, 2.24) is 5.32 Å². The predicted molar refractivity (Wildman–Crippen MR) is 77.9 cm³/mol. The minimum Gasteiger partial charge on any atom is -0.468 e. The molecule has 0 saturated heterocycles. The number of hydrogen-bond acceptors (Lipinski definition) is 4. The van der Waals surface area contributed by atoms with Crippen molar-refractivity contribution in [2.45, 2.75) is 44.4 Å². The van der Waals surface area contributed by atoms with Gasteiger partial charge in [-0.15, -0.1) is 0 Å². The first-order valence-electron chi connectivity index (χ1n) is 6.66. The van der Waals surface area contributed by atoms with Crippen molar-refractivity contribution in [3.63, 3.8) is 0 Å². The Labute approximate surface area is 114 Å². The van der Waals surface area contributed by atoms with Crippen LogP contribution in [0.2, 0.25) is 0 Å². The van der Waals surface area contributed by atoms with E-state index in [2.05, 4.69) is 19.2 Å². The monoisotopic (exact) mass is 271 g/mol. The smallest absolute Gasteiger partial charge is 0.113 e. The first-order valence-corrected chi connectivity index (χ1v) is 7.81. The van der Waals surface area contributed by atoms with E-state index in [0.717, 1.165) is 36.7 Å². The molecule has 0 bridgehead atoms. The van der Waals surface area contributed by atoms with Gasteiger partial charge in [0, 0.05) is 5.54 Å². The molecule has 1 unspecified atom stereocenters. The van der Waals surface area contributed by atoms with Crippen molar-refractivity contribution in [3.8, 4) is 0 Å². The molecule has 0 aliphatic heterocycles. The van der Waals surface area contributed by atoms with Gasteiger partial charge in [-0.2, -0.15) is 11.8 Å². The van der Waals surface area contributed by atoms with Crippen molar-refractivity contribution in [1.29, 1.82) is 0 Å². The van der Waals surface area contributed by atoms with Gasteiger partial charge in [0.2, 0.25) is 0 Å². The standard InChI is InChI=1S/C14H25NO2S/c1-3-15-14(2,12-16)8-4-5-10-18-11-13-7-6-9-17-13/h6-7,9,15-16H,3-5,8,10-12H2,1-2H3. The zero-order chi connectivity index (χ0) is 13.3. The zero-order valence-corrected chi connectivity index (χ0v) is 12.3. The van der Waals surface area contributed by atoms with Gasteiger partial charge in [-0.25, -0.2) is 0 Å². The van der Waals surface area contributed by atoms with Crippen LogP contribution >= 0.6 is 11.8 Å². The summed E-state index contributed by atoms with van der Waals surface area (Å²) < 4.78 is 5.28. The van der Waals surface area contributed by atoms with E-state index >= 15 is 0 Å². The average Bonchev–Trinajstić information content (AvgIpc) is 2.87. The van der Waals surface area contributed by atoms with Crippen molar-refractivity contribution >= 4 is 11.8 Å². The van der Waals surface area contributed by atoms with Crippen molar-refractivity contribution in [2.24, 2.45) is 0 Å².